The van der Waals surface area contributed by atoms with Crippen molar-refractivity contribution in [3.63, 3.8) is 0 Å². The van der Waals surface area contributed by atoms with Gasteiger partial charge in [0, 0.05) is 18.0 Å². The monoisotopic (exact) mass is 328 g/mol. The van der Waals surface area contributed by atoms with Crippen molar-refractivity contribution in [1.29, 1.82) is 0 Å². The molecule has 6 heteroatoms. The first kappa shape index (κ1) is 15.6. The number of pyridine rings is 1. The van der Waals surface area contributed by atoms with Crippen LogP contribution in [-0.2, 0) is 4.79 Å². The second kappa shape index (κ2) is 6.83. The van der Waals surface area contributed by atoms with Gasteiger partial charge in [0.1, 0.15) is 5.75 Å². The number of hydrogen-bond acceptors (Lipinski definition) is 5. The summed E-state index contributed by atoms with van der Waals surface area (Å²) in [5.74, 6) is 1.57. The lowest BCUT2D eigenvalue weighted by molar-refractivity contribution is -0.112. The molecule has 0 unspecified atom stereocenters. The van der Waals surface area contributed by atoms with Gasteiger partial charge in [0.25, 0.3) is 5.91 Å². The predicted octanol–water partition coefficient (Wildman–Crippen LogP) is 2.94. The molecule has 1 aromatic heterocycles. The molecule has 1 atom stereocenters. The third-order valence-corrected chi connectivity index (χ3v) is 4.49. The first-order valence-corrected chi connectivity index (χ1v) is 8.28. The highest BCUT2D eigenvalue weighted by Gasteiger charge is 2.27. The predicted molar refractivity (Wildman–Crippen MR) is 88.8 cm³/mol. The van der Waals surface area contributed by atoms with Gasteiger partial charge in [-0.2, -0.15) is 0 Å². The average Bonchev–Trinajstić information content (AvgIpc) is 2.95. The van der Waals surface area contributed by atoms with E-state index in [1.807, 2.05) is 31.2 Å². The Morgan fingerprint density at radius 2 is 2.04 bits per heavy atom. The zero-order valence-electron chi connectivity index (χ0n) is 12.6. The highest BCUT2D eigenvalue weighted by atomic mass is 32.2. The summed E-state index contributed by atoms with van der Waals surface area (Å²) < 4.78 is 5.62. The van der Waals surface area contributed by atoms with Crippen LogP contribution in [0.3, 0.4) is 0 Å². The first-order valence-electron chi connectivity index (χ1n) is 7.30. The van der Waals surface area contributed by atoms with Crippen LogP contribution < -0.4 is 10.1 Å². The molecule has 0 spiro atoms. The molecule has 1 aliphatic rings. The van der Waals surface area contributed by atoms with E-state index >= 15 is 0 Å². The van der Waals surface area contributed by atoms with Crippen molar-refractivity contribution in [2.45, 2.75) is 19.4 Å². The lowest BCUT2D eigenvalue weighted by atomic mass is 10.2. The van der Waals surface area contributed by atoms with Crippen LogP contribution in [0.15, 0.2) is 42.6 Å². The quantitative estimate of drug-likeness (QED) is 0.934. The molecule has 0 saturated carbocycles. The lowest BCUT2D eigenvalue weighted by Crippen LogP contribution is -2.37. The van der Waals surface area contributed by atoms with Crippen molar-refractivity contribution < 1.29 is 14.3 Å². The Morgan fingerprint density at radius 1 is 1.26 bits per heavy atom. The summed E-state index contributed by atoms with van der Waals surface area (Å²) in [4.78, 5) is 27.8. The van der Waals surface area contributed by atoms with Gasteiger partial charge in [-0.25, -0.2) is 4.98 Å². The van der Waals surface area contributed by atoms with Gasteiger partial charge in [0.15, 0.2) is 0 Å². The van der Waals surface area contributed by atoms with Gasteiger partial charge < -0.3 is 10.1 Å². The minimum atomic E-state index is -0.393. The van der Waals surface area contributed by atoms with Crippen LogP contribution in [0.5, 0.6) is 11.6 Å². The summed E-state index contributed by atoms with van der Waals surface area (Å²) in [6.45, 7) is 2.00. The van der Waals surface area contributed by atoms with Gasteiger partial charge in [-0.15, -0.1) is 0 Å². The Balaban J connectivity index is 1.63. The van der Waals surface area contributed by atoms with E-state index in [1.165, 1.54) is 18.0 Å². The van der Waals surface area contributed by atoms with Crippen LogP contribution in [0.25, 0.3) is 0 Å². The standard InChI is InChI=1S/C17H16N2O3S/c1-11-2-5-13(6-3-11)22-15-7-4-12(10-18-15)16(20)19-14-8-9-23-17(14)21/h2-7,10,14H,8-9H2,1H3,(H,19,20)/t14-/m0/s1. The molecule has 1 fully saturated rings. The Morgan fingerprint density at radius 3 is 2.65 bits per heavy atom. The number of nitrogens with zero attached hydrogens (tertiary/aromatic N) is 1. The van der Waals surface area contributed by atoms with E-state index in [0.29, 0.717) is 23.6 Å². The molecule has 1 aliphatic heterocycles. The van der Waals surface area contributed by atoms with Crippen molar-refractivity contribution in [2.24, 2.45) is 0 Å². The number of amides is 1. The van der Waals surface area contributed by atoms with Gasteiger partial charge in [0.05, 0.1) is 11.6 Å². The molecule has 23 heavy (non-hydrogen) atoms. The number of thioether (sulfide) groups is 1. The average molecular weight is 328 g/mol. The molecular formula is C17H16N2O3S. The van der Waals surface area contributed by atoms with Crippen LogP contribution in [0.2, 0.25) is 0 Å². The smallest absolute Gasteiger partial charge is 0.253 e. The molecule has 1 N–H and O–H groups in total. The fourth-order valence-corrected chi connectivity index (χ4v) is 3.10. The summed E-state index contributed by atoms with van der Waals surface area (Å²) >= 11 is 1.26. The van der Waals surface area contributed by atoms with Gasteiger partial charge in [-0.3, -0.25) is 9.59 Å². The maximum atomic E-state index is 12.1. The van der Waals surface area contributed by atoms with Crippen LogP contribution >= 0.6 is 11.8 Å². The Bertz CT molecular complexity index is 714. The van der Waals surface area contributed by atoms with Crippen LogP contribution in [0.1, 0.15) is 22.3 Å². The molecule has 1 amide bonds. The zero-order chi connectivity index (χ0) is 16.2. The van der Waals surface area contributed by atoms with E-state index < -0.39 is 6.04 Å². The third kappa shape index (κ3) is 3.90. The topological polar surface area (TPSA) is 68.3 Å². The van der Waals surface area contributed by atoms with E-state index in [0.717, 1.165) is 11.3 Å². The number of aromatic nitrogens is 1. The summed E-state index contributed by atoms with van der Waals surface area (Å²) in [5.41, 5.74) is 1.56. The highest BCUT2D eigenvalue weighted by molar-refractivity contribution is 8.14. The Kier molecular flexibility index (Phi) is 4.62. The van der Waals surface area contributed by atoms with E-state index in [4.69, 9.17) is 4.74 Å². The minimum Gasteiger partial charge on any atom is -0.439 e. The summed E-state index contributed by atoms with van der Waals surface area (Å²) in [6, 6.07) is 10.5. The first-order chi connectivity index (χ1) is 11.1. The largest absolute Gasteiger partial charge is 0.439 e. The molecule has 3 rings (SSSR count). The number of ether oxygens (including phenoxy) is 1. The van der Waals surface area contributed by atoms with Crippen molar-refractivity contribution in [2.75, 3.05) is 5.75 Å². The second-order valence-corrected chi connectivity index (χ2v) is 6.38. The number of aryl methyl sites for hydroxylation is 1. The van der Waals surface area contributed by atoms with E-state index in [9.17, 15) is 9.59 Å². The Labute approximate surface area is 138 Å². The summed E-state index contributed by atoms with van der Waals surface area (Å²) in [7, 11) is 0. The van der Waals surface area contributed by atoms with Gasteiger partial charge in [0.2, 0.25) is 11.0 Å². The lowest BCUT2D eigenvalue weighted by Gasteiger charge is -2.10. The fraction of sp³-hybridized carbons (Fsp3) is 0.235. The molecule has 5 nitrogen and oxygen atoms in total. The molecule has 2 aromatic rings. The van der Waals surface area contributed by atoms with Crippen LogP contribution in [0.4, 0.5) is 0 Å². The van der Waals surface area contributed by atoms with Gasteiger partial charge in [-0.05, 0) is 31.5 Å². The molecule has 0 aliphatic carbocycles. The molecule has 1 saturated heterocycles. The SMILES string of the molecule is Cc1ccc(Oc2ccc(C(=O)N[C@H]3CCSC3=O)cn2)cc1. The van der Waals surface area contributed by atoms with Crippen LogP contribution in [-0.4, -0.2) is 27.8 Å². The maximum absolute atomic E-state index is 12.1. The van der Waals surface area contributed by atoms with Crippen molar-refractivity contribution in [3.05, 3.63) is 53.7 Å². The maximum Gasteiger partial charge on any atom is 0.253 e. The number of benzene rings is 1. The van der Waals surface area contributed by atoms with Crippen LogP contribution in [0, 0.1) is 6.92 Å². The van der Waals surface area contributed by atoms with E-state index in [1.54, 1.807) is 12.1 Å². The number of carbonyl (C=O) groups is 2. The normalized spacial score (nSPS) is 17.1. The zero-order valence-corrected chi connectivity index (χ0v) is 13.4. The molecular weight excluding hydrogens is 312 g/mol. The molecule has 0 radical (unpaired) electrons. The van der Waals surface area contributed by atoms with Crippen molar-refractivity contribution in [3.8, 4) is 11.6 Å². The van der Waals surface area contributed by atoms with E-state index in [-0.39, 0.29) is 11.0 Å². The third-order valence-electron chi connectivity index (χ3n) is 3.48. The molecule has 118 valence electrons. The summed E-state index contributed by atoms with van der Waals surface area (Å²) in [5, 5.41) is 2.75. The van der Waals surface area contributed by atoms with Gasteiger partial charge >= 0.3 is 0 Å². The van der Waals surface area contributed by atoms with Crippen molar-refractivity contribution in [1.82, 2.24) is 10.3 Å². The second-order valence-electron chi connectivity index (χ2n) is 5.28. The van der Waals surface area contributed by atoms with Crippen molar-refractivity contribution >= 4 is 22.8 Å². The number of hydrogen-bond donors (Lipinski definition) is 1. The van der Waals surface area contributed by atoms with E-state index in [2.05, 4.69) is 10.3 Å². The number of nitrogens with one attached hydrogen (secondary N) is 1. The summed E-state index contributed by atoms with van der Waals surface area (Å²) in [6.07, 6.45) is 2.13. The fourth-order valence-electron chi connectivity index (χ4n) is 2.17. The Hall–Kier alpha value is -2.34. The number of carbonyl (C=O) groups excluding carboxylic acids is 2. The number of rotatable bonds is 4. The van der Waals surface area contributed by atoms with Gasteiger partial charge in [-0.1, -0.05) is 29.5 Å². The molecule has 0 bridgehead atoms. The molecule has 2 heterocycles. The molecule has 1 aromatic carbocycles. The highest BCUT2D eigenvalue weighted by Crippen LogP contribution is 2.21. The minimum absolute atomic E-state index is 0.0191.